The van der Waals surface area contributed by atoms with Crippen molar-refractivity contribution in [1.29, 1.82) is 0 Å². The Kier molecular flexibility index (Phi) is 4.58. The van der Waals surface area contributed by atoms with E-state index in [1.165, 1.54) is 22.3 Å². The summed E-state index contributed by atoms with van der Waals surface area (Å²) >= 11 is 0. The van der Waals surface area contributed by atoms with Gasteiger partial charge in [0.05, 0.1) is 0 Å². The summed E-state index contributed by atoms with van der Waals surface area (Å²) < 4.78 is 5.89. The molecule has 0 radical (unpaired) electrons. The van der Waals surface area contributed by atoms with Crippen LogP contribution in [0.15, 0.2) is 42.5 Å². The number of rotatable bonds is 5. The molecule has 1 N–H and O–H groups in total. The molecule has 100 valence electrons. The number of hydrogen-bond donors (Lipinski definition) is 1. The van der Waals surface area contributed by atoms with Gasteiger partial charge in [0.1, 0.15) is 12.4 Å². The molecule has 19 heavy (non-hydrogen) atoms. The Bertz CT molecular complexity index is 549. The van der Waals surface area contributed by atoms with Crippen molar-refractivity contribution in [2.75, 3.05) is 7.05 Å². The summed E-state index contributed by atoms with van der Waals surface area (Å²) in [4.78, 5) is 0. The van der Waals surface area contributed by atoms with Crippen LogP contribution in [-0.2, 0) is 13.2 Å². The molecule has 0 spiro atoms. The molecule has 0 amide bonds. The SMILES string of the molecule is CNCc1cccc(COc2ccc(C)cc2C)c1. The number of hydrogen-bond acceptors (Lipinski definition) is 2. The molecule has 0 aromatic heterocycles. The summed E-state index contributed by atoms with van der Waals surface area (Å²) in [5, 5.41) is 3.16. The third-order valence-electron chi connectivity index (χ3n) is 3.10. The summed E-state index contributed by atoms with van der Waals surface area (Å²) in [6.45, 7) is 5.68. The minimum absolute atomic E-state index is 0.613. The van der Waals surface area contributed by atoms with Crippen LogP contribution in [0.3, 0.4) is 0 Å². The molecule has 2 nitrogen and oxygen atoms in total. The summed E-state index contributed by atoms with van der Waals surface area (Å²) in [5.74, 6) is 0.963. The smallest absolute Gasteiger partial charge is 0.122 e. The van der Waals surface area contributed by atoms with E-state index >= 15 is 0 Å². The molecular weight excluding hydrogens is 234 g/mol. The number of nitrogens with one attached hydrogen (secondary N) is 1. The van der Waals surface area contributed by atoms with Gasteiger partial charge in [-0.3, -0.25) is 0 Å². The minimum atomic E-state index is 0.613. The number of aryl methyl sites for hydroxylation is 2. The number of ether oxygens (including phenoxy) is 1. The van der Waals surface area contributed by atoms with Crippen LogP contribution in [0.5, 0.6) is 5.75 Å². The van der Waals surface area contributed by atoms with E-state index in [0.717, 1.165) is 12.3 Å². The van der Waals surface area contributed by atoms with Gasteiger partial charge in [0.15, 0.2) is 0 Å². The lowest BCUT2D eigenvalue weighted by atomic mass is 10.1. The molecule has 0 bridgehead atoms. The molecule has 0 saturated heterocycles. The molecular formula is C17H21NO. The Hall–Kier alpha value is -1.80. The third-order valence-corrected chi connectivity index (χ3v) is 3.10. The molecule has 2 rings (SSSR count). The first-order valence-corrected chi connectivity index (χ1v) is 6.61. The molecule has 0 aliphatic carbocycles. The predicted octanol–water partition coefficient (Wildman–Crippen LogP) is 3.60. The molecule has 2 aromatic rings. The fourth-order valence-electron chi connectivity index (χ4n) is 2.16. The highest BCUT2D eigenvalue weighted by Crippen LogP contribution is 2.20. The summed E-state index contributed by atoms with van der Waals surface area (Å²) in [5.41, 5.74) is 4.93. The van der Waals surface area contributed by atoms with Crippen LogP contribution >= 0.6 is 0 Å². The van der Waals surface area contributed by atoms with E-state index in [4.69, 9.17) is 4.74 Å². The van der Waals surface area contributed by atoms with Gasteiger partial charge in [-0.1, -0.05) is 42.0 Å². The molecule has 0 heterocycles. The Morgan fingerprint density at radius 3 is 2.53 bits per heavy atom. The standard InChI is InChI=1S/C17H21NO/c1-13-7-8-17(14(2)9-13)19-12-16-6-4-5-15(10-16)11-18-3/h4-10,18H,11-12H2,1-3H3. The molecule has 0 aliphatic rings. The van der Waals surface area contributed by atoms with Crippen LogP contribution in [0.25, 0.3) is 0 Å². The summed E-state index contributed by atoms with van der Waals surface area (Å²) in [6, 6.07) is 14.8. The molecule has 0 saturated carbocycles. The number of benzene rings is 2. The van der Waals surface area contributed by atoms with E-state index < -0.39 is 0 Å². The van der Waals surface area contributed by atoms with Crippen LogP contribution in [0.4, 0.5) is 0 Å². The van der Waals surface area contributed by atoms with Crippen LogP contribution in [-0.4, -0.2) is 7.05 Å². The Morgan fingerprint density at radius 1 is 1.00 bits per heavy atom. The lowest BCUT2D eigenvalue weighted by molar-refractivity contribution is 0.304. The highest BCUT2D eigenvalue weighted by atomic mass is 16.5. The summed E-state index contributed by atoms with van der Waals surface area (Å²) in [7, 11) is 1.96. The normalized spacial score (nSPS) is 10.5. The van der Waals surface area contributed by atoms with E-state index in [1.807, 2.05) is 13.1 Å². The maximum absolute atomic E-state index is 5.89. The zero-order chi connectivity index (χ0) is 13.7. The second-order valence-electron chi connectivity index (χ2n) is 4.91. The van der Waals surface area contributed by atoms with Crippen molar-refractivity contribution < 1.29 is 4.74 Å². The quantitative estimate of drug-likeness (QED) is 0.881. The van der Waals surface area contributed by atoms with Crippen LogP contribution in [0, 0.1) is 13.8 Å². The first-order chi connectivity index (χ1) is 9.19. The molecule has 0 fully saturated rings. The van der Waals surface area contributed by atoms with E-state index in [1.54, 1.807) is 0 Å². The van der Waals surface area contributed by atoms with Gasteiger partial charge < -0.3 is 10.1 Å². The molecule has 0 aliphatic heterocycles. The van der Waals surface area contributed by atoms with Crippen LogP contribution < -0.4 is 10.1 Å². The molecule has 2 heteroatoms. The fraction of sp³-hybridized carbons (Fsp3) is 0.294. The van der Waals surface area contributed by atoms with Gasteiger partial charge in [-0.25, -0.2) is 0 Å². The van der Waals surface area contributed by atoms with Gasteiger partial charge in [-0.2, -0.15) is 0 Å². The average Bonchev–Trinajstić information content (AvgIpc) is 2.38. The zero-order valence-corrected chi connectivity index (χ0v) is 11.9. The molecule has 0 unspecified atom stereocenters. The van der Waals surface area contributed by atoms with E-state index in [2.05, 4.69) is 55.6 Å². The van der Waals surface area contributed by atoms with E-state index in [9.17, 15) is 0 Å². The van der Waals surface area contributed by atoms with Crippen molar-refractivity contribution in [3.05, 3.63) is 64.7 Å². The minimum Gasteiger partial charge on any atom is -0.489 e. The largest absolute Gasteiger partial charge is 0.489 e. The lowest BCUT2D eigenvalue weighted by Crippen LogP contribution is -2.05. The van der Waals surface area contributed by atoms with Crippen molar-refractivity contribution in [2.45, 2.75) is 27.0 Å². The lowest BCUT2D eigenvalue weighted by Gasteiger charge is -2.10. The van der Waals surface area contributed by atoms with Gasteiger partial charge in [-0.05, 0) is 43.7 Å². The maximum Gasteiger partial charge on any atom is 0.122 e. The average molecular weight is 255 g/mol. The van der Waals surface area contributed by atoms with E-state index in [-0.39, 0.29) is 0 Å². The third kappa shape index (κ3) is 3.83. The monoisotopic (exact) mass is 255 g/mol. The van der Waals surface area contributed by atoms with Gasteiger partial charge in [0, 0.05) is 6.54 Å². The van der Waals surface area contributed by atoms with Gasteiger partial charge in [0.2, 0.25) is 0 Å². The maximum atomic E-state index is 5.89. The fourth-order valence-corrected chi connectivity index (χ4v) is 2.16. The Labute approximate surface area is 115 Å². The first kappa shape index (κ1) is 13.6. The van der Waals surface area contributed by atoms with Crippen LogP contribution in [0.1, 0.15) is 22.3 Å². The first-order valence-electron chi connectivity index (χ1n) is 6.61. The molecule has 2 aromatic carbocycles. The van der Waals surface area contributed by atoms with Crippen molar-refractivity contribution in [2.24, 2.45) is 0 Å². The zero-order valence-electron chi connectivity index (χ0n) is 11.9. The van der Waals surface area contributed by atoms with Crippen molar-refractivity contribution in [3.8, 4) is 5.75 Å². The predicted molar refractivity (Wildman–Crippen MR) is 79.5 cm³/mol. The topological polar surface area (TPSA) is 21.3 Å². The van der Waals surface area contributed by atoms with Crippen LogP contribution in [0.2, 0.25) is 0 Å². The Morgan fingerprint density at radius 2 is 1.79 bits per heavy atom. The van der Waals surface area contributed by atoms with Crippen molar-refractivity contribution in [3.63, 3.8) is 0 Å². The van der Waals surface area contributed by atoms with Gasteiger partial charge in [-0.15, -0.1) is 0 Å². The summed E-state index contributed by atoms with van der Waals surface area (Å²) in [6.07, 6.45) is 0. The van der Waals surface area contributed by atoms with Gasteiger partial charge >= 0.3 is 0 Å². The van der Waals surface area contributed by atoms with Crippen molar-refractivity contribution in [1.82, 2.24) is 5.32 Å². The molecule has 0 atom stereocenters. The highest BCUT2D eigenvalue weighted by Gasteiger charge is 2.01. The van der Waals surface area contributed by atoms with E-state index in [0.29, 0.717) is 6.61 Å². The highest BCUT2D eigenvalue weighted by molar-refractivity contribution is 5.36. The van der Waals surface area contributed by atoms with Crippen molar-refractivity contribution >= 4 is 0 Å². The van der Waals surface area contributed by atoms with Gasteiger partial charge in [0.25, 0.3) is 0 Å². The second-order valence-corrected chi connectivity index (χ2v) is 4.91. The Balaban J connectivity index is 2.03. The second kappa shape index (κ2) is 6.39.